The molecule has 1 fully saturated rings. The summed E-state index contributed by atoms with van der Waals surface area (Å²) in [5.41, 5.74) is 1.34. The molecule has 1 saturated heterocycles. The Morgan fingerprint density at radius 3 is 2.50 bits per heavy atom. The predicted molar refractivity (Wildman–Crippen MR) is 83.1 cm³/mol. The lowest BCUT2D eigenvalue weighted by molar-refractivity contribution is 0.0574. The molecular weight excluding hydrogens is 281 g/mol. The molecule has 1 aromatic carbocycles. The second kappa shape index (κ2) is 6.32. The fourth-order valence-electron chi connectivity index (χ4n) is 2.96. The molecule has 22 heavy (non-hydrogen) atoms. The average molecular weight is 301 g/mol. The van der Waals surface area contributed by atoms with Crippen LogP contribution in [0, 0.1) is 5.82 Å². The standard InChI is InChI=1S/C17H20FN3O/c1-13(14-5-2-3-6-15(14)18)20-9-11-21(12-10-20)17(22)16-7-4-8-19-16/h2-8,13,19H,9-12H2,1H3/t13-/m1/s1. The van der Waals surface area contributed by atoms with Crippen molar-refractivity contribution in [3.63, 3.8) is 0 Å². The first-order valence-electron chi connectivity index (χ1n) is 7.58. The lowest BCUT2D eigenvalue weighted by Gasteiger charge is -2.38. The molecule has 1 aromatic heterocycles. The van der Waals surface area contributed by atoms with E-state index in [1.807, 2.05) is 30.0 Å². The van der Waals surface area contributed by atoms with E-state index < -0.39 is 0 Å². The summed E-state index contributed by atoms with van der Waals surface area (Å²) < 4.78 is 13.9. The Balaban J connectivity index is 1.62. The molecule has 5 heteroatoms. The minimum absolute atomic E-state index is 0.0175. The molecule has 2 heterocycles. The van der Waals surface area contributed by atoms with E-state index in [4.69, 9.17) is 0 Å². The zero-order chi connectivity index (χ0) is 15.5. The Bertz CT molecular complexity index is 633. The molecular formula is C17H20FN3O. The lowest BCUT2D eigenvalue weighted by Crippen LogP contribution is -2.49. The molecule has 0 aliphatic carbocycles. The van der Waals surface area contributed by atoms with Crippen LogP contribution in [0.4, 0.5) is 4.39 Å². The van der Waals surface area contributed by atoms with Crippen LogP contribution in [-0.4, -0.2) is 46.9 Å². The van der Waals surface area contributed by atoms with Crippen LogP contribution in [0.3, 0.4) is 0 Å². The van der Waals surface area contributed by atoms with Crippen molar-refractivity contribution < 1.29 is 9.18 Å². The van der Waals surface area contributed by atoms with Gasteiger partial charge in [0.25, 0.3) is 5.91 Å². The maximum absolute atomic E-state index is 13.9. The number of aromatic nitrogens is 1. The van der Waals surface area contributed by atoms with E-state index in [9.17, 15) is 9.18 Å². The normalized spacial score (nSPS) is 17.5. The highest BCUT2D eigenvalue weighted by Crippen LogP contribution is 2.24. The number of hydrogen-bond acceptors (Lipinski definition) is 2. The Labute approximate surface area is 129 Å². The fraction of sp³-hybridized carbons (Fsp3) is 0.353. The number of amides is 1. The molecule has 116 valence electrons. The summed E-state index contributed by atoms with van der Waals surface area (Å²) in [6.45, 7) is 4.85. The van der Waals surface area contributed by atoms with Gasteiger partial charge in [-0.3, -0.25) is 9.69 Å². The largest absolute Gasteiger partial charge is 0.357 e. The topological polar surface area (TPSA) is 39.3 Å². The van der Waals surface area contributed by atoms with Crippen molar-refractivity contribution in [2.75, 3.05) is 26.2 Å². The SMILES string of the molecule is C[C@H](c1ccccc1F)N1CCN(C(=O)c2ccc[nH]2)CC1. The van der Waals surface area contributed by atoms with E-state index in [1.165, 1.54) is 6.07 Å². The third kappa shape index (κ3) is 2.90. The van der Waals surface area contributed by atoms with Gasteiger partial charge in [0.05, 0.1) is 0 Å². The number of H-pyrrole nitrogens is 1. The third-order valence-corrected chi connectivity index (χ3v) is 4.33. The molecule has 0 spiro atoms. The number of nitrogens with zero attached hydrogens (tertiary/aromatic N) is 2. The van der Waals surface area contributed by atoms with Gasteiger partial charge in [0.1, 0.15) is 11.5 Å². The van der Waals surface area contributed by atoms with E-state index in [1.54, 1.807) is 18.3 Å². The van der Waals surface area contributed by atoms with Crippen LogP contribution < -0.4 is 0 Å². The van der Waals surface area contributed by atoms with Crippen molar-refractivity contribution in [2.24, 2.45) is 0 Å². The number of nitrogens with one attached hydrogen (secondary N) is 1. The van der Waals surface area contributed by atoms with Crippen LogP contribution >= 0.6 is 0 Å². The van der Waals surface area contributed by atoms with Gasteiger partial charge >= 0.3 is 0 Å². The van der Waals surface area contributed by atoms with Crippen molar-refractivity contribution in [1.82, 2.24) is 14.8 Å². The molecule has 4 nitrogen and oxygen atoms in total. The van der Waals surface area contributed by atoms with E-state index in [0.717, 1.165) is 13.1 Å². The molecule has 1 N–H and O–H groups in total. The molecule has 3 rings (SSSR count). The molecule has 1 aliphatic heterocycles. The monoisotopic (exact) mass is 301 g/mol. The Morgan fingerprint density at radius 1 is 1.14 bits per heavy atom. The molecule has 2 aromatic rings. The molecule has 0 saturated carbocycles. The van der Waals surface area contributed by atoms with Gasteiger partial charge in [-0.1, -0.05) is 18.2 Å². The smallest absolute Gasteiger partial charge is 0.270 e. The maximum Gasteiger partial charge on any atom is 0.270 e. The molecule has 0 bridgehead atoms. The van der Waals surface area contributed by atoms with Crippen molar-refractivity contribution in [1.29, 1.82) is 0 Å². The van der Waals surface area contributed by atoms with Gasteiger partial charge in [-0.25, -0.2) is 4.39 Å². The van der Waals surface area contributed by atoms with Crippen LogP contribution in [0.2, 0.25) is 0 Å². The van der Waals surface area contributed by atoms with E-state index in [2.05, 4.69) is 9.88 Å². The van der Waals surface area contributed by atoms with Gasteiger partial charge in [0.2, 0.25) is 0 Å². The highest BCUT2D eigenvalue weighted by molar-refractivity contribution is 5.92. The van der Waals surface area contributed by atoms with Crippen molar-refractivity contribution >= 4 is 5.91 Å². The summed E-state index contributed by atoms with van der Waals surface area (Å²) >= 11 is 0. The molecule has 1 aliphatic rings. The van der Waals surface area contributed by atoms with Gasteiger partial charge in [-0.15, -0.1) is 0 Å². The van der Waals surface area contributed by atoms with Gasteiger partial charge in [-0.05, 0) is 25.1 Å². The number of rotatable bonds is 3. The number of halogens is 1. The zero-order valence-corrected chi connectivity index (χ0v) is 12.6. The minimum Gasteiger partial charge on any atom is -0.357 e. The Hall–Kier alpha value is -2.14. The Kier molecular flexibility index (Phi) is 4.24. The maximum atomic E-state index is 13.9. The second-order valence-corrected chi connectivity index (χ2v) is 5.61. The highest BCUT2D eigenvalue weighted by atomic mass is 19.1. The first-order chi connectivity index (χ1) is 10.7. The van der Waals surface area contributed by atoms with Crippen molar-refractivity contribution in [3.05, 3.63) is 59.7 Å². The number of hydrogen-bond donors (Lipinski definition) is 1. The third-order valence-electron chi connectivity index (χ3n) is 4.33. The highest BCUT2D eigenvalue weighted by Gasteiger charge is 2.26. The molecule has 1 amide bonds. The quantitative estimate of drug-likeness (QED) is 0.946. The number of carbonyl (C=O) groups excluding carboxylic acids is 1. The fourth-order valence-corrected chi connectivity index (χ4v) is 2.96. The average Bonchev–Trinajstić information content (AvgIpc) is 3.09. The van der Waals surface area contributed by atoms with Crippen LogP contribution in [0.15, 0.2) is 42.6 Å². The van der Waals surface area contributed by atoms with E-state index in [0.29, 0.717) is 24.3 Å². The second-order valence-electron chi connectivity index (χ2n) is 5.61. The number of carbonyl (C=O) groups is 1. The van der Waals surface area contributed by atoms with Crippen LogP contribution in [0.1, 0.15) is 29.0 Å². The Morgan fingerprint density at radius 2 is 1.86 bits per heavy atom. The first kappa shape index (κ1) is 14.8. The summed E-state index contributed by atoms with van der Waals surface area (Å²) in [6.07, 6.45) is 1.75. The molecule has 1 atom stereocenters. The van der Waals surface area contributed by atoms with Crippen molar-refractivity contribution in [2.45, 2.75) is 13.0 Å². The lowest BCUT2D eigenvalue weighted by atomic mass is 10.1. The molecule has 0 radical (unpaired) electrons. The summed E-state index contributed by atoms with van der Waals surface area (Å²) in [5.74, 6) is -0.136. The predicted octanol–water partition coefficient (Wildman–Crippen LogP) is 2.67. The summed E-state index contributed by atoms with van der Waals surface area (Å²) in [7, 11) is 0. The first-order valence-corrected chi connectivity index (χ1v) is 7.58. The summed E-state index contributed by atoms with van der Waals surface area (Å²) in [6, 6.07) is 10.5. The van der Waals surface area contributed by atoms with Gasteiger partial charge in [-0.2, -0.15) is 0 Å². The molecule has 0 unspecified atom stereocenters. The van der Waals surface area contributed by atoms with Crippen LogP contribution in [0.25, 0.3) is 0 Å². The zero-order valence-electron chi connectivity index (χ0n) is 12.6. The van der Waals surface area contributed by atoms with E-state index in [-0.39, 0.29) is 17.8 Å². The number of piperazine rings is 1. The minimum atomic E-state index is -0.167. The van der Waals surface area contributed by atoms with E-state index >= 15 is 0 Å². The van der Waals surface area contributed by atoms with Crippen molar-refractivity contribution in [3.8, 4) is 0 Å². The summed E-state index contributed by atoms with van der Waals surface area (Å²) in [5, 5.41) is 0. The number of benzene rings is 1. The van der Waals surface area contributed by atoms with Gasteiger partial charge in [0, 0.05) is 44.0 Å². The number of aromatic amines is 1. The van der Waals surface area contributed by atoms with Gasteiger partial charge in [0.15, 0.2) is 0 Å². The van der Waals surface area contributed by atoms with Gasteiger partial charge < -0.3 is 9.88 Å². The van der Waals surface area contributed by atoms with Crippen LogP contribution in [0.5, 0.6) is 0 Å². The summed E-state index contributed by atoms with van der Waals surface area (Å²) in [4.78, 5) is 19.3. The van der Waals surface area contributed by atoms with Crippen LogP contribution in [-0.2, 0) is 0 Å².